The first-order valence-electron chi connectivity index (χ1n) is 2.23. The van der Waals surface area contributed by atoms with Crippen LogP contribution in [0, 0.1) is 0 Å². The van der Waals surface area contributed by atoms with Crippen LogP contribution in [0.2, 0.25) is 0 Å². The minimum Gasteiger partial charge on any atom is -0.310 e. The van der Waals surface area contributed by atoms with Gasteiger partial charge in [0.05, 0.1) is 0 Å². The number of hydrogen-bond acceptors (Lipinski definition) is 2. The molecule has 0 amide bonds. The first kappa shape index (κ1) is 2.99. The summed E-state index contributed by atoms with van der Waals surface area (Å²) in [6, 6.07) is 0. The highest BCUT2D eigenvalue weighted by Crippen LogP contribution is 2.58. The fourth-order valence-corrected chi connectivity index (χ4v) is 0.636. The van der Waals surface area contributed by atoms with Gasteiger partial charge < -0.3 is 9.47 Å². The molecule has 0 atom stereocenters. The summed E-state index contributed by atoms with van der Waals surface area (Å²) in [4.78, 5) is 0. The molecule has 0 N–H and O–H groups in total. The Bertz CT molecular complexity index is 83.5. The minimum atomic E-state index is -0.0417. The van der Waals surface area contributed by atoms with E-state index in [1.54, 1.807) is 0 Å². The van der Waals surface area contributed by atoms with Crippen molar-refractivity contribution in [1.29, 1.82) is 0 Å². The van der Waals surface area contributed by atoms with E-state index in [2.05, 4.69) is 6.92 Å². The second-order valence-corrected chi connectivity index (χ2v) is 1.73. The van der Waals surface area contributed by atoms with Crippen LogP contribution < -0.4 is 0 Å². The summed E-state index contributed by atoms with van der Waals surface area (Å²) in [5.74, 6) is -0.0417. The summed E-state index contributed by atoms with van der Waals surface area (Å²) in [5, 5.41) is 0. The maximum Gasteiger partial charge on any atom is 0.225 e. The third kappa shape index (κ3) is 0.150. The summed E-state index contributed by atoms with van der Waals surface area (Å²) in [7, 11) is 0. The molecule has 2 aliphatic heterocycles. The summed E-state index contributed by atoms with van der Waals surface area (Å²) < 4.78 is 9.84. The molecule has 0 saturated carbocycles. The number of rotatable bonds is 1. The van der Waals surface area contributed by atoms with E-state index in [4.69, 9.17) is 9.47 Å². The highest BCUT2D eigenvalue weighted by atomic mass is 17.0. The van der Waals surface area contributed by atoms with Gasteiger partial charge in [0.1, 0.15) is 0 Å². The molecule has 2 fully saturated rings. The summed E-state index contributed by atoms with van der Waals surface area (Å²) >= 11 is 0. The van der Waals surface area contributed by atoms with Gasteiger partial charge in [-0.2, -0.15) is 0 Å². The van der Waals surface area contributed by atoms with E-state index in [1.807, 2.05) is 0 Å². The molecule has 0 unspecified atom stereocenters. The maximum atomic E-state index is 4.92. The predicted molar refractivity (Wildman–Crippen MR) is 19.0 cm³/mol. The molecule has 2 heteroatoms. The Morgan fingerprint density at radius 1 is 1.67 bits per heavy atom. The zero-order valence-electron chi connectivity index (χ0n) is 3.60. The van der Waals surface area contributed by atoms with E-state index in [1.165, 1.54) is 0 Å². The summed E-state index contributed by atoms with van der Waals surface area (Å²) in [6.45, 7) is 2.06. The van der Waals surface area contributed by atoms with E-state index in [-0.39, 0.29) is 12.1 Å². The van der Waals surface area contributed by atoms with Gasteiger partial charge in [-0.05, 0) is 0 Å². The first-order valence-corrected chi connectivity index (χ1v) is 2.23. The molecule has 0 spiro atoms. The van der Waals surface area contributed by atoms with Gasteiger partial charge in [0.2, 0.25) is 12.1 Å². The molecular formula is C4H6O2. The van der Waals surface area contributed by atoms with Crippen LogP contribution in [0.15, 0.2) is 0 Å². The Morgan fingerprint density at radius 3 is 2.17 bits per heavy atom. The highest BCUT2D eigenvalue weighted by Gasteiger charge is 2.75. The van der Waals surface area contributed by atoms with Crippen LogP contribution in [0.4, 0.5) is 0 Å². The van der Waals surface area contributed by atoms with Crippen molar-refractivity contribution in [2.24, 2.45) is 0 Å². The Kier molecular flexibility index (Phi) is 0.265. The molecule has 2 rings (SSSR count). The van der Waals surface area contributed by atoms with Crippen molar-refractivity contribution in [3.8, 4) is 0 Å². The summed E-state index contributed by atoms with van der Waals surface area (Å²) in [6.07, 6.45) is 1.22. The number of fused-ring (bicyclic) bond motifs is 1. The Labute approximate surface area is 36.0 Å². The third-order valence-electron chi connectivity index (χ3n) is 1.35. The van der Waals surface area contributed by atoms with Gasteiger partial charge in [0, 0.05) is 6.42 Å². The van der Waals surface area contributed by atoms with Gasteiger partial charge in [0.25, 0.3) is 0 Å². The quantitative estimate of drug-likeness (QED) is 0.433. The molecule has 6 heavy (non-hydrogen) atoms. The SMILES string of the molecule is CCC12OC1O2. The van der Waals surface area contributed by atoms with Gasteiger partial charge in [0.15, 0.2) is 0 Å². The topological polar surface area (TPSA) is 25.1 Å². The van der Waals surface area contributed by atoms with E-state index in [9.17, 15) is 0 Å². The van der Waals surface area contributed by atoms with Crippen LogP contribution in [-0.4, -0.2) is 12.1 Å². The average molecular weight is 86.1 g/mol. The lowest BCUT2D eigenvalue weighted by atomic mass is 10.4. The van der Waals surface area contributed by atoms with Crippen molar-refractivity contribution in [2.45, 2.75) is 25.4 Å². The number of ether oxygens (including phenoxy) is 2. The molecule has 34 valence electrons. The molecule has 2 saturated heterocycles. The van der Waals surface area contributed by atoms with E-state index < -0.39 is 0 Å². The molecule has 0 aromatic heterocycles. The van der Waals surface area contributed by atoms with Crippen LogP contribution in [0.3, 0.4) is 0 Å². The van der Waals surface area contributed by atoms with Gasteiger partial charge in [-0.1, -0.05) is 6.92 Å². The smallest absolute Gasteiger partial charge is 0.225 e. The van der Waals surface area contributed by atoms with Crippen molar-refractivity contribution < 1.29 is 9.47 Å². The number of epoxide rings is 2. The molecule has 0 aromatic carbocycles. The van der Waals surface area contributed by atoms with Gasteiger partial charge in [-0.15, -0.1) is 0 Å². The molecule has 2 aliphatic rings. The molecular weight excluding hydrogens is 80.0 g/mol. The largest absolute Gasteiger partial charge is 0.310 e. The first-order chi connectivity index (χ1) is 2.87. The lowest BCUT2D eigenvalue weighted by Gasteiger charge is -1.88. The van der Waals surface area contributed by atoms with E-state index >= 15 is 0 Å². The van der Waals surface area contributed by atoms with Crippen LogP contribution in [0.25, 0.3) is 0 Å². The van der Waals surface area contributed by atoms with Crippen LogP contribution in [0.5, 0.6) is 0 Å². The van der Waals surface area contributed by atoms with Crippen molar-refractivity contribution in [3.05, 3.63) is 0 Å². The second-order valence-electron chi connectivity index (χ2n) is 1.73. The van der Waals surface area contributed by atoms with Gasteiger partial charge >= 0.3 is 0 Å². The van der Waals surface area contributed by atoms with Crippen molar-refractivity contribution in [3.63, 3.8) is 0 Å². The molecule has 0 radical (unpaired) electrons. The fourth-order valence-electron chi connectivity index (χ4n) is 0.636. The standard InChI is InChI=1S/C4H6O2/c1-2-4-3(5-4)6-4/h3H,2H2,1H3. The molecule has 2 nitrogen and oxygen atoms in total. The summed E-state index contributed by atoms with van der Waals surface area (Å²) in [5.41, 5.74) is 0. The monoisotopic (exact) mass is 86.0 g/mol. The van der Waals surface area contributed by atoms with Crippen LogP contribution in [-0.2, 0) is 9.47 Å². The lowest BCUT2D eigenvalue weighted by Crippen LogP contribution is -1.92. The zero-order chi connectivity index (χ0) is 4.20. The Balaban J connectivity index is 2.10. The van der Waals surface area contributed by atoms with Crippen molar-refractivity contribution in [1.82, 2.24) is 0 Å². The maximum absolute atomic E-state index is 4.92. The minimum absolute atomic E-state index is 0.0417. The zero-order valence-corrected chi connectivity index (χ0v) is 3.60. The highest BCUT2D eigenvalue weighted by molar-refractivity contribution is 5.01. The normalized spacial score (nSPS) is 60.5. The third-order valence-corrected chi connectivity index (χ3v) is 1.35. The van der Waals surface area contributed by atoms with E-state index in [0.717, 1.165) is 6.42 Å². The second kappa shape index (κ2) is 0.532. The molecule has 0 aliphatic carbocycles. The van der Waals surface area contributed by atoms with Crippen molar-refractivity contribution in [2.75, 3.05) is 0 Å². The van der Waals surface area contributed by atoms with Crippen LogP contribution in [0.1, 0.15) is 13.3 Å². The molecule has 0 aromatic rings. The Hall–Kier alpha value is -0.0800. The fraction of sp³-hybridized carbons (Fsp3) is 1.00. The number of hydrogen-bond donors (Lipinski definition) is 0. The lowest BCUT2D eigenvalue weighted by molar-refractivity contribution is -0.0511. The molecule has 2 heterocycles. The van der Waals surface area contributed by atoms with Crippen molar-refractivity contribution >= 4 is 0 Å². The predicted octanol–water partition coefficient (Wildman–Crippen LogP) is 0.479. The average Bonchev–Trinajstić information content (AvgIpc) is 2.12. The Morgan fingerprint density at radius 2 is 2.17 bits per heavy atom. The van der Waals surface area contributed by atoms with Crippen LogP contribution >= 0.6 is 0 Å². The molecule has 0 bridgehead atoms. The van der Waals surface area contributed by atoms with Gasteiger partial charge in [-0.3, -0.25) is 0 Å². The van der Waals surface area contributed by atoms with Gasteiger partial charge in [-0.25, -0.2) is 0 Å². The van der Waals surface area contributed by atoms with E-state index in [0.29, 0.717) is 0 Å².